The van der Waals surface area contributed by atoms with Crippen molar-refractivity contribution in [3.05, 3.63) is 0 Å². The molecule has 3 atom stereocenters. The topological polar surface area (TPSA) is 72.8 Å². The van der Waals surface area contributed by atoms with Crippen LogP contribution >= 0.6 is 0 Å². The normalized spacial score (nSPS) is 37.5. The summed E-state index contributed by atoms with van der Waals surface area (Å²) in [5.41, 5.74) is -1.34. The van der Waals surface area contributed by atoms with Crippen molar-refractivity contribution in [2.45, 2.75) is 38.2 Å². The molecule has 5 nitrogen and oxygen atoms in total. The predicted octanol–water partition coefficient (Wildman–Crippen LogP) is 1.25. The van der Waals surface area contributed by atoms with Crippen LogP contribution in [0.25, 0.3) is 0 Å². The number of hydrogen-bond donors (Lipinski definition) is 1. The van der Waals surface area contributed by atoms with E-state index in [1.807, 2.05) is 0 Å². The van der Waals surface area contributed by atoms with Crippen LogP contribution in [-0.2, 0) is 19.1 Å². The molecular formula is C13H20O5. The molecule has 3 unspecified atom stereocenters. The number of carboxylic acid groups (broad SMARTS) is 1. The minimum atomic E-state index is -1.34. The minimum absolute atomic E-state index is 0.0161. The first-order valence-corrected chi connectivity index (χ1v) is 6.48. The van der Waals surface area contributed by atoms with E-state index in [0.717, 1.165) is 19.3 Å². The first-order chi connectivity index (χ1) is 8.61. The smallest absolute Gasteiger partial charge is 0.319 e. The molecule has 2 rings (SSSR count). The lowest BCUT2D eigenvalue weighted by molar-refractivity contribution is -0.173. The average Bonchev–Trinajstić information content (AvgIpc) is 2.39. The van der Waals surface area contributed by atoms with Gasteiger partial charge in [0.15, 0.2) is 11.2 Å². The molecule has 2 aliphatic rings. The Hall–Kier alpha value is -0.940. The highest BCUT2D eigenvalue weighted by Crippen LogP contribution is 2.43. The minimum Gasteiger partial charge on any atom is -0.480 e. The van der Waals surface area contributed by atoms with Crippen molar-refractivity contribution >= 4 is 11.8 Å². The summed E-state index contributed by atoms with van der Waals surface area (Å²) in [6.07, 6.45) is 3.53. The monoisotopic (exact) mass is 256 g/mol. The molecule has 0 aromatic carbocycles. The number of carbonyl (C=O) groups is 2. The van der Waals surface area contributed by atoms with Gasteiger partial charge in [-0.25, -0.2) is 0 Å². The largest absolute Gasteiger partial charge is 0.480 e. The van der Waals surface area contributed by atoms with Gasteiger partial charge < -0.3 is 14.6 Å². The Kier molecular flexibility index (Phi) is 4.02. The van der Waals surface area contributed by atoms with Gasteiger partial charge in [0, 0.05) is 13.5 Å². The molecule has 0 spiro atoms. The predicted molar refractivity (Wildman–Crippen MR) is 63.3 cm³/mol. The van der Waals surface area contributed by atoms with E-state index in [1.54, 1.807) is 7.11 Å². The molecule has 1 aliphatic carbocycles. The van der Waals surface area contributed by atoms with E-state index in [2.05, 4.69) is 0 Å². The highest BCUT2D eigenvalue weighted by atomic mass is 16.5. The van der Waals surface area contributed by atoms with Gasteiger partial charge in [-0.2, -0.15) is 0 Å². The Morgan fingerprint density at radius 3 is 2.89 bits per heavy atom. The molecule has 5 heteroatoms. The van der Waals surface area contributed by atoms with Crippen LogP contribution in [0.4, 0.5) is 0 Å². The van der Waals surface area contributed by atoms with Crippen molar-refractivity contribution < 1.29 is 24.2 Å². The van der Waals surface area contributed by atoms with E-state index in [-0.39, 0.29) is 30.8 Å². The van der Waals surface area contributed by atoms with E-state index >= 15 is 0 Å². The standard InChI is InChI=1S/C13H20O5/c1-17-10-4-2-3-9(7-10)13(12(15)16)8-18-6-5-11(13)14/h9-10H,2-8H2,1H3,(H,15,16). The Balaban J connectivity index is 2.23. The van der Waals surface area contributed by atoms with Crippen molar-refractivity contribution in [1.82, 2.24) is 0 Å². The van der Waals surface area contributed by atoms with Gasteiger partial charge in [-0.3, -0.25) is 9.59 Å². The lowest BCUT2D eigenvalue weighted by Crippen LogP contribution is -2.53. The first-order valence-electron chi connectivity index (χ1n) is 6.48. The molecule has 1 heterocycles. The van der Waals surface area contributed by atoms with Crippen LogP contribution in [0.5, 0.6) is 0 Å². The summed E-state index contributed by atoms with van der Waals surface area (Å²) in [6.45, 7) is 0.358. The summed E-state index contributed by atoms with van der Waals surface area (Å²) < 4.78 is 10.6. The average molecular weight is 256 g/mol. The molecule has 102 valence electrons. The third kappa shape index (κ3) is 2.17. The van der Waals surface area contributed by atoms with Gasteiger partial charge in [0.25, 0.3) is 0 Å². The van der Waals surface area contributed by atoms with Crippen molar-refractivity contribution in [2.75, 3.05) is 20.3 Å². The zero-order valence-electron chi connectivity index (χ0n) is 10.7. The van der Waals surface area contributed by atoms with Crippen LogP contribution in [0.2, 0.25) is 0 Å². The number of ether oxygens (including phenoxy) is 2. The van der Waals surface area contributed by atoms with Crippen LogP contribution in [0.15, 0.2) is 0 Å². The Morgan fingerprint density at radius 2 is 2.28 bits per heavy atom. The van der Waals surface area contributed by atoms with Crippen molar-refractivity contribution in [2.24, 2.45) is 11.3 Å². The van der Waals surface area contributed by atoms with E-state index in [1.165, 1.54) is 0 Å². The molecule has 0 aromatic heterocycles. The maximum atomic E-state index is 12.2. The molecule has 18 heavy (non-hydrogen) atoms. The van der Waals surface area contributed by atoms with Crippen LogP contribution in [0.3, 0.4) is 0 Å². The Bertz CT molecular complexity index is 340. The van der Waals surface area contributed by atoms with Gasteiger partial charge in [0.2, 0.25) is 0 Å². The zero-order chi connectivity index (χ0) is 13.2. The number of hydrogen-bond acceptors (Lipinski definition) is 4. The summed E-state index contributed by atoms with van der Waals surface area (Å²) >= 11 is 0. The van der Waals surface area contributed by atoms with E-state index in [0.29, 0.717) is 13.0 Å². The van der Waals surface area contributed by atoms with E-state index in [9.17, 15) is 14.7 Å². The van der Waals surface area contributed by atoms with Crippen LogP contribution in [0, 0.1) is 11.3 Å². The maximum Gasteiger partial charge on any atom is 0.319 e. The second-order valence-corrected chi connectivity index (χ2v) is 5.22. The third-order valence-electron chi connectivity index (χ3n) is 4.34. The molecule has 0 radical (unpaired) electrons. The number of carbonyl (C=O) groups excluding carboxylic acids is 1. The summed E-state index contributed by atoms with van der Waals surface area (Å²) in [5, 5.41) is 9.53. The van der Waals surface area contributed by atoms with Crippen LogP contribution < -0.4 is 0 Å². The SMILES string of the molecule is COC1CCCC(C2(C(=O)O)COCCC2=O)C1. The first kappa shape index (κ1) is 13.5. The molecule has 2 fully saturated rings. The number of Topliss-reactive ketones (excluding diaryl/α,β-unsaturated/α-hetero) is 1. The molecule has 0 bridgehead atoms. The highest BCUT2D eigenvalue weighted by Gasteiger charge is 2.54. The van der Waals surface area contributed by atoms with Gasteiger partial charge in [-0.05, 0) is 25.2 Å². The fourth-order valence-corrected chi connectivity index (χ4v) is 3.21. The summed E-state index contributed by atoms with van der Waals surface area (Å²) in [7, 11) is 1.64. The number of aliphatic carboxylic acids is 1. The van der Waals surface area contributed by atoms with E-state index in [4.69, 9.17) is 9.47 Å². The second-order valence-electron chi connectivity index (χ2n) is 5.22. The summed E-state index contributed by atoms with van der Waals surface area (Å²) in [6, 6.07) is 0. The molecule has 1 N–H and O–H groups in total. The number of methoxy groups -OCH3 is 1. The molecular weight excluding hydrogens is 236 g/mol. The molecule has 0 amide bonds. The van der Waals surface area contributed by atoms with Gasteiger partial charge in [0.05, 0.1) is 19.3 Å². The second kappa shape index (κ2) is 5.36. The molecule has 1 aliphatic heterocycles. The number of carboxylic acids is 1. The van der Waals surface area contributed by atoms with Crippen LogP contribution in [-0.4, -0.2) is 43.3 Å². The lowest BCUT2D eigenvalue weighted by Gasteiger charge is -2.41. The summed E-state index contributed by atoms with van der Waals surface area (Å²) in [5.74, 6) is -1.38. The van der Waals surface area contributed by atoms with Gasteiger partial charge >= 0.3 is 5.97 Å². The lowest BCUT2D eigenvalue weighted by atomic mass is 9.65. The number of rotatable bonds is 3. The fraction of sp³-hybridized carbons (Fsp3) is 0.846. The zero-order valence-corrected chi connectivity index (χ0v) is 10.7. The van der Waals surface area contributed by atoms with Gasteiger partial charge in [-0.1, -0.05) is 6.42 Å². The summed E-state index contributed by atoms with van der Waals surface area (Å²) in [4.78, 5) is 23.8. The third-order valence-corrected chi connectivity index (χ3v) is 4.34. The fourth-order valence-electron chi connectivity index (χ4n) is 3.21. The Morgan fingerprint density at radius 1 is 1.50 bits per heavy atom. The van der Waals surface area contributed by atoms with Gasteiger partial charge in [-0.15, -0.1) is 0 Å². The Labute approximate surface area is 106 Å². The van der Waals surface area contributed by atoms with Crippen molar-refractivity contribution in [3.63, 3.8) is 0 Å². The van der Waals surface area contributed by atoms with E-state index < -0.39 is 11.4 Å². The quantitative estimate of drug-likeness (QED) is 0.769. The van der Waals surface area contributed by atoms with Crippen molar-refractivity contribution in [1.29, 1.82) is 0 Å². The highest BCUT2D eigenvalue weighted by molar-refractivity contribution is 6.04. The van der Waals surface area contributed by atoms with Crippen LogP contribution in [0.1, 0.15) is 32.1 Å². The van der Waals surface area contributed by atoms with Crippen molar-refractivity contribution in [3.8, 4) is 0 Å². The van der Waals surface area contributed by atoms with Gasteiger partial charge in [0.1, 0.15) is 0 Å². The molecule has 0 aromatic rings. The number of ketones is 1. The molecule has 1 saturated carbocycles. The molecule has 1 saturated heterocycles. The maximum absolute atomic E-state index is 12.2.